The molecular formula is C23H31N5O2. The maximum atomic E-state index is 12.8. The van der Waals surface area contributed by atoms with Gasteiger partial charge in [-0.2, -0.15) is 0 Å². The van der Waals surface area contributed by atoms with E-state index in [1.165, 1.54) is 17.4 Å². The van der Waals surface area contributed by atoms with E-state index in [1.807, 2.05) is 24.8 Å². The minimum absolute atomic E-state index is 0.100. The number of amides is 2. The summed E-state index contributed by atoms with van der Waals surface area (Å²) in [6.07, 6.45) is 4.26. The van der Waals surface area contributed by atoms with E-state index in [1.54, 1.807) is 11.1 Å². The van der Waals surface area contributed by atoms with E-state index in [0.717, 1.165) is 25.2 Å². The third kappa shape index (κ3) is 5.34. The molecule has 0 atom stereocenters. The Bertz CT molecular complexity index is 860. The van der Waals surface area contributed by atoms with Gasteiger partial charge in [0.1, 0.15) is 5.69 Å². The highest BCUT2D eigenvalue weighted by molar-refractivity contribution is 5.92. The molecule has 0 unspecified atom stereocenters. The van der Waals surface area contributed by atoms with E-state index in [2.05, 4.69) is 40.0 Å². The minimum atomic E-state index is -0.165. The minimum Gasteiger partial charge on any atom is -0.368 e. The van der Waals surface area contributed by atoms with Crippen molar-refractivity contribution in [2.75, 3.05) is 44.2 Å². The number of hydrogen-bond donors (Lipinski definition) is 0. The van der Waals surface area contributed by atoms with Gasteiger partial charge in [-0.1, -0.05) is 25.1 Å². The molecule has 0 radical (unpaired) electrons. The van der Waals surface area contributed by atoms with E-state index >= 15 is 0 Å². The lowest BCUT2D eigenvalue weighted by Gasteiger charge is -2.37. The fourth-order valence-electron chi connectivity index (χ4n) is 3.75. The molecular weight excluding hydrogens is 378 g/mol. The van der Waals surface area contributed by atoms with Crippen molar-refractivity contribution in [3.05, 3.63) is 53.6 Å². The number of carbonyl (C=O) groups excluding carboxylic acids is 2. The molecule has 1 aliphatic rings. The van der Waals surface area contributed by atoms with Crippen LogP contribution in [0.25, 0.3) is 0 Å². The first-order valence-corrected chi connectivity index (χ1v) is 10.7. The van der Waals surface area contributed by atoms with Crippen LogP contribution in [-0.2, 0) is 4.79 Å². The van der Waals surface area contributed by atoms with Crippen molar-refractivity contribution in [3.63, 3.8) is 0 Å². The Kier molecular flexibility index (Phi) is 7.38. The zero-order valence-corrected chi connectivity index (χ0v) is 18.2. The number of aryl methyl sites for hydroxylation is 2. The number of rotatable bonds is 7. The number of para-hydroxylation sites is 1. The number of anilines is 1. The fraction of sp³-hybridized carbons (Fsp3) is 0.478. The van der Waals surface area contributed by atoms with Crippen molar-refractivity contribution >= 4 is 17.5 Å². The summed E-state index contributed by atoms with van der Waals surface area (Å²) in [5.41, 5.74) is 3.59. The molecule has 1 aliphatic heterocycles. The van der Waals surface area contributed by atoms with Gasteiger partial charge < -0.3 is 14.7 Å². The van der Waals surface area contributed by atoms with Gasteiger partial charge in [0, 0.05) is 57.6 Å². The second-order valence-corrected chi connectivity index (χ2v) is 7.74. The first-order valence-electron chi connectivity index (χ1n) is 10.7. The average molecular weight is 410 g/mol. The molecule has 2 aromatic rings. The van der Waals surface area contributed by atoms with E-state index in [-0.39, 0.29) is 11.8 Å². The predicted octanol–water partition coefficient (Wildman–Crippen LogP) is 2.68. The largest absolute Gasteiger partial charge is 0.368 e. The number of aromatic nitrogens is 2. The Morgan fingerprint density at radius 1 is 1.00 bits per heavy atom. The molecule has 7 nitrogen and oxygen atoms in total. The maximum Gasteiger partial charge on any atom is 0.274 e. The van der Waals surface area contributed by atoms with Gasteiger partial charge in [0.2, 0.25) is 5.91 Å². The average Bonchev–Trinajstić information content (AvgIpc) is 2.77. The lowest BCUT2D eigenvalue weighted by Crippen LogP contribution is -2.49. The summed E-state index contributed by atoms with van der Waals surface area (Å²) in [4.78, 5) is 39.8. The SMILES string of the molecule is CCCN(CCC(=O)N1CCN(c2ccccc2C)CC1)C(=O)c1cnc(C)cn1. The first kappa shape index (κ1) is 21.7. The van der Waals surface area contributed by atoms with E-state index < -0.39 is 0 Å². The maximum absolute atomic E-state index is 12.8. The van der Waals surface area contributed by atoms with E-state index in [4.69, 9.17) is 0 Å². The molecule has 0 N–H and O–H groups in total. The third-order valence-electron chi connectivity index (χ3n) is 5.46. The Labute approximate surface area is 178 Å². The lowest BCUT2D eigenvalue weighted by molar-refractivity contribution is -0.131. The first-order chi connectivity index (χ1) is 14.5. The van der Waals surface area contributed by atoms with E-state index in [0.29, 0.717) is 38.3 Å². The van der Waals surface area contributed by atoms with Gasteiger partial charge in [-0.3, -0.25) is 14.6 Å². The van der Waals surface area contributed by atoms with Gasteiger partial charge in [0.05, 0.1) is 11.9 Å². The van der Waals surface area contributed by atoms with Gasteiger partial charge in [0.25, 0.3) is 5.91 Å². The summed E-state index contributed by atoms with van der Waals surface area (Å²) in [6.45, 7) is 10.0. The molecule has 0 spiro atoms. The normalized spacial score (nSPS) is 14.0. The van der Waals surface area contributed by atoms with Crippen molar-refractivity contribution in [2.24, 2.45) is 0 Å². The highest BCUT2D eigenvalue weighted by atomic mass is 16.2. The summed E-state index contributed by atoms with van der Waals surface area (Å²) < 4.78 is 0. The number of nitrogens with zero attached hydrogens (tertiary/aromatic N) is 5. The second kappa shape index (κ2) is 10.2. The van der Waals surface area contributed by atoms with Crippen LogP contribution in [0.2, 0.25) is 0 Å². The molecule has 1 aromatic heterocycles. The molecule has 30 heavy (non-hydrogen) atoms. The smallest absolute Gasteiger partial charge is 0.274 e. The van der Waals surface area contributed by atoms with Crippen LogP contribution in [-0.4, -0.2) is 70.9 Å². The van der Waals surface area contributed by atoms with Crippen molar-refractivity contribution < 1.29 is 9.59 Å². The van der Waals surface area contributed by atoms with Crippen LogP contribution in [0.15, 0.2) is 36.7 Å². The molecule has 2 heterocycles. The monoisotopic (exact) mass is 409 g/mol. The molecule has 1 fully saturated rings. The Morgan fingerprint density at radius 2 is 1.73 bits per heavy atom. The van der Waals surface area contributed by atoms with Gasteiger partial charge in [-0.05, 0) is 31.9 Å². The van der Waals surface area contributed by atoms with Crippen LogP contribution < -0.4 is 4.90 Å². The van der Waals surface area contributed by atoms with Crippen molar-refractivity contribution in [1.29, 1.82) is 0 Å². The van der Waals surface area contributed by atoms with Gasteiger partial charge in [-0.25, -0.2) is 4.98 Å². The number of piperazine rings is 1. The zero-order chi connectivity index (χ0) is 21.5. The molecule has 0 saturated carbocycles. The van der Waals surface area contributed by atoms with Crippen LogP contribution in [0, 0.1) is 13.8 Å². The highest BCUT2D eigenvalue weighted by Crippen LogP contribution is 2.21. The summed E-state index contributed by atoms with van der Waals surface area (Å²) in [7, 11) is 0. The summed E-state index contributed by atoms with van der Waals surface area (Å²) in [5, 5.41) is 0. The Balaban J connectivity index is 1.53. The standard InChI is InChI=1S/C23H31N5O2/c1-4-10-28(23(30)20-17-24-19(3)16-25-20)11-9-22(29)27-14-12-26(13-15-27)21-8-6-5-7-18(21)2/h5-8,16-17H,4,9-15H2,1-3H3. The van der Waals surface area contributed by atoms with Crippen LogP contribution in [0.4, 0.5) is 5.69 Å². The van der Waals surface area contributed by atoms with Gasteiger partial charge >= 0.3 is 0 Å². The molecule has 0 aliphatic carbocycles. The Morgan fingerprint density at radius 3 is 2.37 bits per heavy atom. The number of hydrogen-bond acceptors (Lipinski definition) is 5. The molecule has 2 amide bonds. The van der Waals surface area contributed by atoms with Gasteiger partial charge in [-0.15, -0.1) is 0 Å². The summed E-state index contributed by atoms with van der Waals surface area (Å²) in [5.74, 6) is -0.0650. The van der Waals surface area contributed by atoms with Crippen LogP contribution in [0.1, 0.15) is 41.5 Å². The van der Waals surface area contributed by atoms with Crippen LogP contribution >= 0.6 is 0 Å². The topological polar surface area (TPSA) is 69.6 Å². The zero-order valence-electron chi connectivity index (χ0n) is 18.2. The third-order valence-corrected chi connectivity index (χ3v) is 5.46. The van der Waals surface area contributed by atoms with Crippen molar-refractivity contribution in [2.45, 2.75) is 33.6 Å². The summed E-state index contributed by atoms with van der Waals surface area (Å²) >= 11 is 0. The molecule has 7 heteroatoms. The van der Waals surface area contributed by atoms with Gasteiger partial charge in [0.15, 0.2) is 0 Å². The summed E-state index contributed by atoms with van der Waals surface area (Å²) in [6, 6.07) is 8.35. The van der Waals surface area contributed by atoms with E-state index in [9.17, 15) is 9.59 Å². The molecule has 1 aromatic carbocycles. The molecule has 0 bridgehead atoms. The number of carbonyl (C=O) groups is 2. The fourth-order valence-corrected chi connectivity index (χ4v) is 3.75. The van der Waals surface area contributed by atoms with Crippen LogP contribution in [0.3, 0.4) is 0 Å². The molecule has 3 rings (SSSR count). The van der Waals surface area contributed by atoms with Crippen LogP contribution in [0.5, 0.6) is 0 Å². The van der Waals surface area contributed by atoms with Crippen molar-refractivity contribution in [1.82, 2.24) is 19.8 Å². The molecule has 160 valence electrons. The lowest BCUT2D eigenvalue weighted by atomic mass is 10.1. The quantitative estimate of drug-likeness (QED) is 0.703. The molecule has 1 saturated heterocycles. The van der Waals surface area contributed by atoms with Crippen molar-refractivity contribution in [3.8, 4) is 0 Å². The highest BCUT2D eigenvalue weighted by Gasteiger charge is 2.23. The predicted molar refractivity (Wildman–Crippen MR) is 118 cm³/mol. The second-order valence-electron chi connectivity index (χ2n) is 7.74. The Hall–Kier alpha value is -2.96. The number of benzene rings is 1.